The Labute approximate surface area is 194 Å². The lowest BCUT2D eigenvalue weighted by Gasteiger charge is -2.32. The third-order valence-electron chi connectivity index (χ3n) is 5.96. The molecule has 0 atom stereocenters. The molecule has 0 spiro atoms. The maximum atomic E-state index is 12.7. The van der Waals surface area contributed by atoms with Crippen molar-refractivity contribution < 1.29 is 14.3 Å². The van der Waals surface area contributed by atoms with E-state index in [1.165, 1.54) is 5.56 Å². The molecule has 7 heteroatoms. The molecule has 1 aliphatic heterocycles. The number of amides is 1. The molecule has 0 bridgehead atoms. The van der Waals surface area contributed by atoms with Crippen molar-refractivity contribution in [1.29, 1.82) is 0 Å². The normalized spacial score (nSPS) is 14.1. The van der Waals surface area contributed by atoms with Crippen molar-refractivity contribution in [3.05, 3.63) is 72.1 Å². The molecule has 7 nitrogen and oxygen atoms in total. The molecule has 0 unspecified atom stereocenters. The maximum Gasteiger partial charge on any atom is 0.263 e. The number of methoxy groups -OCH3 is 1. The highest BCUT2D eigenvalue weighted by Gasteiger charge is 2.27. The van der Waals surface area contributed by atoms with Gasteiger partial charge in [-0.25, -0.2) is 9.97 Å². The van der Waals surface area contributed by atoms with E-state index in [4.69, 9.17) is 9.47 Å². The van der Waals surface area contributed by atoms with Gasteiger partial charge >= 0.3 is 0 Å². The van der Waals surface area contributed by atoms with E-state index in [0.29, 0.717) is 18.2 Å². The molecule has 172 valence electrons. The number of carbonyl (C=O) groups excluding carboxylic acids is 1. The number of carbonyl (C=O) groups is 1. The van der Waals surface area contributed by atoms with Crippen LogP contribution < -0.4 is 19.7 Å². The summed E-state index contributed by atoms with van der Waals surface area (Å²) in [6.45, 7) is 4.07. The second kappa shape index (κ2) is 10.8. The number of hydrogen-bond acceptors (Lipinski definition) is 6. The first-order chi connectivity index (χ1) is 16.2. The number of piperidine rings is 1. The molecule has 3 aromatic rings. The van der Waals surface area contributed by atoms with Crippen molar-refractivity contribution in [2.45, 2.75) is 32.7 Å². The first kappa shape index (κ1) is 22.6. The molecular formula is C26H30N4O3. The lowest BCUT2D eigenvalue weighted by atomic mass is 9.96. The Balaban J connectivity index is 1.33. The molecule has 1 N–H and O–H groups in total. The smallest absolute Gasteiger partial charge is 0.263 e. The Morgan fingerprint density at radius 2 is 1.79 bits per heavy atom. The van der Waals surface area contributed by atoms with Gasteiger partial charge in [0.25, 0.3) is 5.88 Å². The SMILES string of the molecule is CCc1ccc(Oc2nccnc2N2CCC(C(=O)NCc3cccc(OC)c3)CC2)cc1. The number of aryl methyl sites for hydroxylation is 1. The Kier molecular flexibility index (Phi) is 7.40. The van der Waals surface area contributed by atoms with Crippen LogP contribution in [-0.2, 0) is 17.8 Å². The van der Waals surface area contributed by atoms with Crippen molar-refractivity contribution in [3.63, 3.8) is 0 Å². The minimum atomic E-state index is -0.0190. The van der Waals surface area contributed by atoms with E-state index in [-0.39, 0.29) is 11.8 Å². The van der Waals surface area contributed by atoms with E-state index >= 15 is 0 Å². The van der Waals surface area contributed by atoms with Crippen molar-refractivity contribution in [2.24, 2.45) is 5.92 Å². The van der Waals surface area contributed by atoms with Crippen molar-refractivity contribution in [3.8, 4) is 17.4 Å². The molecule has 0 aliphatic carbocycles. The zero-order chi connectivity index (χ0) is 23.0. The van der Waals surface area contributed by atoms with Gasteiger partial charge in [-0.1, -0.05) is 31.2 Å². The van der Waals surface area contributed by atoms with E-state index in [0.717, 1.165) is 49.4 Å². The lowest BCUT2D eigenvalue weighted by Crippen LogP contribution is -2.40. The summed E-state index contributed by atoms with van der Waals surface area (Å²) in [5, 5.41) is 3.06. The average Bonchev–Trinajstić information content (AvgIpc) is 2.88. The predicted molar refractivity (Wildman–Crippen MR) is 128 cm³/mol. The van der Waals surface area contributed by atoms with Crippen LogP contribution in [0.3, 0.4) is 0 Å². The van der Waals surface area contributed by atoms with Crippen LogP contribution in [0.5, 0.6) is 17.4 Å². The zero-order valence-corrected chi connectivity index (χ0v) is 19.2. The molecular weight excluding hydrogens is 416 g/mol. The van der Waals surface area contributed by atoms with Gasteiger partial charge in [-0.05, 0) is 54.7 Å². The van der Waals surface area contributed by atoms with Gasteiger partial charge in [-0.2, -0.15) is 0 Å². The fourth-order valence-electron chi connectivity index (χ4n) is 3.98. The summed E-state index contributed by atoms with van der Waals surface area (Å²) in [6.07, 6.45) is 5.81. The van der Waals surface area contributed by atoms with Crippen LogP contribution in [0.4, 0.5) is 5.82 Å². The van der Waals surface area contributed by atoms with Crippen LogP contribution in [0.1, 0.15) is 30.9 Å². The molecule has 0 radical (unpaired) electrons. The van der Waals surface area contributed by atoms with Gasteiger partial charge in [-0.3, -0.25) is 4.79 Å². The minimum Gasteiger partial charge on any atom is -0.497 e. The van der Waals surface area contributed by atoms with Gasteiger partial charge in [-0.15, -0.1) is 0 Å². The molecule has 1 aliphatic rings. The first-order valence-corrected chi connectivity index (χ1v) is 11.4. The number of nitrogens with zero attached hydrogens (tertiary/aromatic N) is 3. The summed E-state index contributed by atoms with van der Waals surface area (Å²) in [4.78, 5) is 23.8. The number of hydrogen-bond donors (Lipinski definition) is 1. The van der Waals surface area contributed by atoms with Gasteiger partial charge in [0, 0.05) is 37.9 Å². The Morgan fingerprint density at radius 1 is 1.03 bits per heavy atom. The van der Waals surface area contributed by atoms with Crippen LogP contribution in [-0.4, -0.2) is 36.1 Å². The molecule has 33 heavy (non-hydrogen) atoms. The Bertz CT molecular complexity index is 1060. The largest absolute Gasteiger partial charge is 0.497 e. The molecule has 4 rings (SSSR count). The van der Waals surface area contributed by atoms with Crippen LogP contribution in [0.15, 0.2) is 60.9 Å². The Hall–Kier alpha value is -3.61. The quantitative estimate of drug-likeness (QED) is 0.554. The van der Waals surface area contributed by atoms with Crippen LogP contribution in [0, 0.1) is 5.92 Å². The van der Waals surface area contributed by atoms with E-state index in [1.54, 1.807) is 19.5 Å². The number of ether oxygens (including phenoxy) is 2. The molecule has 1 fully saturated rings. The van der Waals surface area contributed by atoms with Crippen molar-refractivity contribution >= 4 is 11.7 Å². The predicted octanol–water partition coefficient (Wildman–Crippen LogP) is 4.37. The zero-order valence-electron chi connectivity index (χ0n) is 19.2. The van der Waals surface area contributed by atoms with Crippen molar-refractivity contribution in [1.82, 2.24) is 15.3 Å². The molecule has 2 heterocycles. The van der Waals surface area contributed by atoms with Gasteiger partial charge in [0.15, 0.2) is 5.82 Å². The molecule has 1 saturated heterocycles. The second-order valence-electron chi connectivity index (χ2n) is 8.12. The van der Waals surface area contributed by atoms with E-state index in [1.807, 2.05) is 36.4 Å². The maximum absolute atomic E-state index is 12.7. The van der Waals surface area contributed by atoms with Gasteiger partial charge in [0.2, 0.25) is 5.91 Å². The highest BCUT2D eigenvalue weighted by molar-refractivity contribution is 5.79. The summed E-state index contributed by atoms with van der Waals surface area (Å²) in [6, 6.07) is 15.8. The van der Waals surface area contributed by atoms with E-state index < -0.39 is 0 Å². The lowest BCUT2D eigenvalue weighted by molar-refractivity contribution is -0.125. The monoisotopic (exact) mass is 446 g/mol. The van der Waals surface area contributed by atoms with Crippen LogP contribution in [0.25, 0.3) is 0 Å². The summed E-state index contributed by atoms with van der Waals surface area (Å²) >= 11 is 0. The van der Waals surface area contributed by atoms with Gasteiger partial charge in [0.05, 0.1) is 7.11 Å². The van der Waals surface area contributed by atoms with Gasteiger partial charge in [0.1, 0.15) is 11.5 Å². The summed E-state index contributed by atoms with van der Waals surface area (Å²) in [5.41, 5.74) is 2.28. The number of aromatic nitrogens is 2. The fourth-order valence-corrected chi connectivity index (χ4v) is 3.98. The third kappa shape index (κ3) is 5.80. The highest BCUT2D eigenvalue weighted by Crippen LogP contribution is 2.31. The number of nitrogens with one attached hydrogen (secondary N) is 1. The first-order valence-electron chi connectivity index (χ1n) is 11.4. The fraction of sp³-hybridized carbons (Fsp3) is 0.346. The number of anilines is 1. The van der Waals surface area contributed by atoms with Crippen molar-refractivity contribution in [2.75, 3.05) is 25.1 Å². The minimum absolute atomic E-state index is 0.0190. The third-order valence-corrected chi connectivity index (χ3v) is 5.96. The summed E-state index contributed by atoms with van der Waals surface area (Å²) in [7, 11) is 1.64. The standard InChI is InChI=1S/C26H30N4O3/c1-3-19-7-9-22(10-8-19)33-26-24(27-13-14-28-26)30-15-11-21(12-16-30)25(31)29-18-20-5-4-6-23(17-20)32-2/h4-10,13-14,17,21H,3,11-12,15-16,18H2,1-2H3,(H,29,31). The molecule has 1 aromatic heterocycles. The van der Waals surface area contributed by atoms with Gasteiger partial charge < -0.3 is 19.7 Å². The Morgan fingerprint density at radius 3 is 2.52 bits per heavy atom. The molecule has 1 amide bonds. The van der Waals surface area contributed by atoms with Crippen LogP contribution >= 0.6 is 0 Å². The number of rotatable bonds is 8. The topological polar surface area (TPSA) is 76.6 Å². The summed E-state index contributed by atoms with van der Waals surface area (Å²) < 4.78 is 11.3. The van der Waals surface area contributed by atoms with E-state index in [9.17, 15) is 4.79 Å². The van der Waals surface area contributed by atoms with E-state index in [2.05, 4.69) is 39.2 Å². The molecule has 0 saturated carbocycles. The average molecular weight is 447 g/mol. The summed E-state index contributed by atoms with van der Waals surface area (Å²) in [5.74, 6) is 2.80. The molecule has 2 aromatic carbocycles. The second-order valence-corrected chi connectivity index (χ2v) is 8.12. The van der Waals surface area contributed by atoms with Crippen LogP contribution in [0.2, 0.25) is 0 Å². The highest BCUT2D eigenvalue weighted by atomic mass is 16.5. The number of benzene rings is 2.